The van der Waals surface area contributed by atoms with Gasteiger partial charge in [-0.15, -0.1) is 0 Å². The summed E-state index contributed by atoms with van der Waals surface area (Å²) in [5.41, 5.74) is 3.92. The van der Waals surface area contributed by atoms with Gasteiger partial charge in [-0.1, -0.05) is 57.2 Å². The molecule has 0 radical (unpaired) electrons. The second-order valence-electron chi connectivity index (χ2n) is 5.80. The second-order valence-corrected chi connectivity index (χ2v) is 5.80. The Hall–Kier alpha value is -1.80. The van der Waals surface area contributed by atoms with Crippen molar-refractivity contribution in [1.82, 2.24) is 5.32 Å². The van der Waals surface area contributed by atoms with Gasteiger partial charge in [0.05, 0.1) is 0 Å². The van der Waals surface area contributed by atoms with Crippen LogP contribution in [-0.4, -0.2) is 11.7 Å². The molecule has 21 heavy (non-hydrogen) atoms. The third-order valence-corrected chi connectivity index (χ3v) is 3.83. The number of nitrogens with one attached hydrogen (secondary N) is 1. The van der Waals surface area contributed by atoms with E-state index in [1.807, 2.05) is 12.1 Å². The van der Waals surface area contributed by atoms with Crippen molar-refractivity contribution in [3.8, 4) is 5.75 Å². The summed E-state index contributed by atoms with van der Waals surface area (Å²) in [6, 6.07) is 16.7. The molecule has 2 heteroatoms. The van der Waals surface area contributed by atoms with E-state index in [9.17, 15) is 5.11 Å². The Morgan fingerprint density at radius 1 is 0.905 bits per heavy atom. The molecule has 2 rings (SSSR count). The Morgan fingerprint density at radius 2 is 1.48 bits per heavy atom. The van der Waals surface area contributed by atoms with Crippen LogP contribution in [0.25, 0.3) is 0 Å². The average Bonchev–Trinajstić information content (AvgIpc) is 2.49. The van der Waals surface area contributed by atoms with Crippen molar-refractivity contribution in [2.45, 2.75) is 39.2 Å². The predicted octanol–water partition coefficient (Wildman–Crippen LogP) is 4.41. The summed E-state index contributed by atoms with van der Waals surface area (Å²) in [6.07, 6.45) is 0.926. The minimum absolute atomic E-state index is 0.306. The second kappa shape index (κ2) is 7.28. The Morgan fingerprint density at radius 3 is 2.00 bits per heavy atom. The van der Waals surface area contributed by atoms with Crippen LogP contribution in [0.5, 0.6) is 5.75 Å². The highest BCUT2D eigenvalue weighted by Crippen LogP contribution is 2.22. The zero-order chi connectivity index (χ0) is 15.2. The zero-order valence-electron chi connectivity index (χ0n) is 13.1. The van der Waals surface area contributed by atoms with Gasteiger partial charge in [-0.3, -0.25) is 0 Å². The lowest BCUT2D eigenvalue weighted by molar-refractivity contribution is 0.474. The summed E-state index contributed by atoms with van der Waals surface area (Å²) in [6.45, 7) is 7.50. The molecule has 0 aliphatic carbocycles. The first-order chi connectivity index (χ1) is 10.1. The minimum Gasteiger partial charge on any atom is -0.508 e. The Balaban J connectivity index is 2.15. The van der Waals surface area contributed by atoms with E-state index >= 15 is 0 Å². The van der Waals surface area contributed by atoms with Crippen LogP contribution in [0, 0.1) is 0 Å². The lowest BCUT2D eigenvalue weighted by Gasteiger charge is -2.19. The Kier molecular flexibility index (Phi) is 5.40. The molecule has 2 nitrogen and oxygen atoms in total. The van der Waals surface area contributed by atoms with Gasteiger partial charge >= 0.3 is 0 Å². The summed E-state index contributed by atoms with van der Waals surface area (Å²) in [5, 5.41) is 12.9. The topological polar surface area (TPSA) is 32.3 Å². The van der Waals surface area contributed by atoms with Crippen molar-refractivity contribution in [2.75, 3.05) is 6.54 Å². The lowest BCUT2D eigenvalue weighted by atomic mass is 9.95. The van der Waals surface area contributed by atoms with Gasteiger partial charge in [-0.05, 0) is 47.7 Å². The SMILES string of the molecule is CCNC(Cc1ccc(O)cc1)c1ccc(C(C)C)cc1. The maximum atomic E-state index is 9.38. The fraction of sp³-hybridized carbons (Fsp3) is 0.368. The summed E-state index contributed by atoms with van der Waals surface area (Å²) >= 11 is 0. The fourth-order valence-corrected chi connectivity index (χ4v) is 2.54. The van der Waals surface area contributed by atoms with E-state index < -0.39 is 0 Å². The Bertz CT molecular complexity index is 543. The van der Waals surface area contributed by atoms with Gasteiger partial charge < -0.3 is 10.4 Å². The molecular weight excluding hydrogens is 258 g/mol. The molecule has 0 amide bonds. The first-order valence-electron chi connectivity index (χ1n) is 7.71. The molecule has 0 fully saturated rings. The summed E-state index contributed by atoms with van der Waals surface area (Å²) in [5.74, 6) is 0.883. The molecule has 0 bridgehead atoms. The summed E-state index contributed by atoms with van der Waals surface area (Å²) in [7, 11) is 0. The zero-order valence-corrected chi connectivity index (χ0v) is 13.1. The van der Waals surface area contributed by atoms with E-state index in [1.165, 1.54) is 16.7 Å². The molecule has 0 heterocycles. The molecule has 0 aromatic heterocycles. The number of hydrogen-bond donors (Lipinski definition) is 2. The number of hydrogen-bond acceptors (Lipinski definition) is 2. The van der Waals surface area contributed by atoms with Crippen LogP contribution >= 0.6 is 0 Å². The van der Waals surface area contributed by atoms with Crippen molar-refractivity contribution >= 4 is 0 Å². The monoisotopic (exact) mass is 283 g/mol. The van der Waals surface area contributed by atoms with Crippen LogP contribution in [0.1, 0.15) is 49.4 Å². The molecule has 0 aliphatic heterocycles. The predicted molar refractivity (Wildman–Crippen MR) is 88.8 cm³/mol. The lowest BCUT2D eigenvalue weighted by Crippen LogP contribution is -2.23. The highest BCUT2D eigenvalue weighted by Gasteiger charge is 2.11. The number of likely N-dealkylation sites (N-methyl/N-ethyl adjacent to an activating group) is 1. The van der Waals surface area contributed by atoms with E-state index in [-0.39, 0.29) is 0 Å². The van der Waals surface area contributed by atoms with Crippen LogP contribution in [0.15, 0.2) is 48.5 Å². The van der Waals surface area contributed by atoms with Crippen molar-refractivity contribution in [2.24, 2.45) is 0 Å². The van der Waals surface area contributed by atoms with Gasteiger partial charge in [0.1, 0.15) is 5.75 Å². The van der Waals surface area contributed by atoms with Crippen molar-refractivity contribution in [3.63, 3.8) is 0 Å². The molecular formula is C19H25NO. The van der Waals surface area contributed by atoms with E-state index in [1.54, 1.807) is 12.1 Å². The molecule has 0 spiro atoms. The maximum Gasteiger partial charge on any atom is 0.115 e. The van der Waals surface area contributed by atoms with Crippen LogP contribution in [0.2, 0.25) is 0 Å². The minimum atomic E-state index is 0.306. The molecule has 2 aromatic rings. The van der Waals surface area contributed by atoms with Gasteiger partial charge in [0.15, 0.2) is 0 Å². The van der Waals surface area contributed by atoms with Crippen molar-refractivity contribution in [1.29, 1.82) is 0 Å². The fourth-order valence-electron chi connectivity index (χ4n) is 2.54. The summed E-state index contributed by atoms with van der Waals surface area (Å²) < 4.78 is 0. The number of benzene rings is 2. The van der Waals surface area contributed by atoms with Gasteiger partial charge in [-0.2, -0.15) is 0 Å². The third kappa shape index (κ3) is 4.33. The van der Waals surface area contributed by atoms with E-state index in [0.717, 1.165) is 13.0 Å². The van der Waals surface area contributed by atoms with Crippen LogP contribution in [0.3, 0.4) is 0 Å². The van der Waals surface area contributed by atoms with Crippen molar-refractivity contribution < 1.29 is 5.11 Å². The van der Waals surface area contributed by atoms with Gasteiger partial charge in [0.2, 0.25) is 0 Å². The number of phenols is 1. The van der Waals surface area contributed by atoms with Gasteiger partial charge in [0.25, 0.3) is 0 Å². The van der Waals surface area contributed by atoms with Crippen molar-refractivity contribution in [3.05, 3.63) is 65.2 Å². The van der Waals surface area contributed by atoms with E-state index in [0.29, 0.717) is 17.7 Å². The highest BCUT2D eigenvalue weighted by molar-refractivity contribution is 5.30. The first kappa shape index (κ1) is 15.6. The molecule has 1 atom stereocenters. The average molecular weight is 283 g/mol. The molecule has 0 saturated carbocycles. The van der Waals surface area contributed by atoms with E-state index in [2.05, 4.69) is 50.4 Å². The molecule has 2 aromatic carbocycles. The highest BCUT2D eigenvalue weighted by atomic mass is 16.3. The number of aromatic hydroxyl groups is 1. The van der Waals surface area contributed by atoms with Crippen LogP contribution in [0.4, 0.5) is 0 Å². The number of rotatable bonds is 6. The van der Waals surface area contributed by atoms with Gasteiger partial charge in [0, 0.05) is 6.04 Å². The molecule has 0 aliphatic rings. The first-order valence-corrected chi connectivity index (χ1v) is 7.71. The molecule has 0 saturated heterocycles. The van der Waals surface area contributed by atoms with Crippen LogP contribution < -0.4 is 5.32 Å². The smallest absolute Gasteiger partial charge is 0.115 e. The quantitative estimate of drug-likeness (QED) is 0.823. The maximum absolute atomic E-state index is 9.38. The number of phenolic OH excluding ortho intramolecular Hbond substituents is 1. The van der Waals surface area contributed by atoms with E-state index in [4.69, 9.17) is 0 Å². The Labute approximate surface area is 127 Å². The largest absolute Gasteiger partial charge is 0.508 e. The third-order valence-electron chi connectivity index (χ3n) is 3.83. The molecule has 1 unspecified atom stereocenters. The normalized spacial score (nSPS) is 12.6. The molecule has 2 N–H and O–H groups in total. The van der Waals surface area contributed by atoms with Gasteiger partial charge in [-0.25, -0.2) is 0 Å². The molecule has 112 valence electrons. The van der Waals surface area contributed by atoms with Crippen LogP contribution in [-0.2, 0) is 6.42 Å². The summed E-state index contributed by atoms with van der Waals surface area (Å²) in [4.78, 5) is 0. The standard InChI is InChI=1S/C19H25NO/c1-4-20-19(13-15-5-11-18(21)12-6-15)17-9-7-16(8-10-17)14(2)3/h5-12,14,19-21H,4,13H2,1-3H3.